The number of halogens is 1. The minimum atomic E-state index is 0.438. The first-order valence-electron chi connectivity index (χ1n) is 6.51. The Bertz CT molecular complexity index is 649. The van der Waals surface area contributed by atoms with Gasteiger partial charge in [0.1, 0.15) is 0 Å². The molecule has 0 spiro atoms. The van der Waals surface area contributed by atoms with Gasteiger partial charge in [0.15, 0.2) is 0 Å². The Morgan fingerprint density at radius 2 is 2.05 bits per heavy atom. The van der Waals surface area contributed by atoms with Crippen molar-refractivity contribution in [1.29, 1.82) is 0 Å². The molecule has 0 saturated carbocycles. The Balaban J connectivity index is 2.09. The topological polar surface area (TPSA) is 12.9 Å². The number of hydrogen-bond acceptors (Lipinski definition) is 2. The first kappa shape index (κ1) is 13.5. The number of benzene rings is 1. The highest BCUT2D eigenvalue weighted by Crippen LogP contribution is 2.32. The average molecular weight is 300 g/mol. The van der Waals surface area contributed by atoms with Gasteiger partial charge in [0.25, 0.3) is 0 Å². The molecule has 3 heteroatoms. The molecule has 1 nitrogen and oxygen atoms in total. The maximum absolute atomic E-state index is 6.36. The van der Waals surface area contributed by atoms with Gasteiger partial charge in [0.2, 0.25) is 0 Å². The molecule has 0 amide bonds. The summed E-state index contributed by atoms with van der Waals surface area (Å²) in [6.07, 6.45) is 6.31. The fraction of sp³-hybridized carbons (Fsp3) is 0.118. The Kier molecular flexibility index (Phi) is 4.24. The third-order valence-corrected chi connectivity index (χ3v) is 4.45. The maximum Gasteiger partial charge on any atom is 0.0705 e. The first-order valence-corrected chi connectivity index (χ1v) is 7.93. The monoisotopic (exact) mass is 299 g/mol. The Morgan fingerprint density at radius 1 is 1.20 bits per heavy atom. The van der Waals surface area contributed by atoms with E-state index in [1.54, 1.807) is 0 Å². The summed E-state index contributed by atoms with van der Waals surface area (Å²) < 4.78 is 0. The van der Waals surface area contributed by atoms with Crippen LogP contribution in [0.1, 0.15) is 11.3 Å². The van der Waals surface area contributed by atoms with Crippen LogP contribution in [0, 0.1) is 5.92 Å². The number of hydrogen-bond donors (Lipinski definition) is 0. The van der Waals surface area contributed by atoms with E-state index in [0.717, 1.165) is 27.6 Å². The number of allylic oxidation sites excluding steroid dienone is 2. The van der Waals surface area contributed by atoms with E-state index in [0.29, 0.717) is 5.92 Å². The van der Waals surface area contributed by atoms with Crippen molar-refractivity contribution in [2.75, 3.05) is 5.75 Å². The summed E-state index contributed by atoms with van der Waals surface area (Å²) in [6.45, 7) is 0. The number of rotatable bonds is 3. The van der Waals surface area contributed by atoms with Crippen LogP contribution >= 0.6 is 23.4 Å². The van der Waals surface area contributed by atoms with Crippen LogP contribution in [0.15, 0.2) is 66.2 Å². The summed E-state index contributed by atoms with van der Waals surface area (Å²) in [6, 6.07) is 13.9. The molecule has 1 unspecified atom stereocenters. The summed E-state index contributed by atoms with van der Waals surface area (Å²) in [5.41, 5.74) is 3.11. The average Bonchev–Trinajstić information content (AvgIpc) is 3.00. The molecule has 1 atom stereocenters. The fourth-order valence-electron chi connectivity index (χ4n) is 2.21. The molecule has 0 N–H and O–H groups in total. The van der Waals surface area contributed by atoms with Crippen LogP contribution in [0.2, 0.25) is 5.02 Å². The minimum absolute atomic E-state index is 0.438. The standard InChI is InChI=1S/C17H14ClNS/c18-16-6-2-1-5-14(16)15(11-13-8-10-20-12-13)17-7-3-4-9-19-17/h1-11,13H,12H2. The molecule has 2 heterocycles. The van der Waals surface area contributed by atoms with Crippen molar-refractivity contribution in [3.05, 3.63) is 82.5 Å². The largest absolute Gasteiger partial charge is 0.256 e. The molecule has 0 aliphatic carbocycles. The lowest BCUT2D eigenvalue weighted by Crippen LogP contribution is -1.97. The molecular formula is C17H14ClNS. The summed E-state index contributed by atoms with van der Waals surface area (Å²) in [5, 5.41) is 2.92. The van der Waals surface area contributed by atoms with E-state index >= 15 is 0 Å². The smallest absolute Gasteiger partial charge is 0.0705 e. The second-order valence-electron chi connectivity index (χ2n) is 4.60. The zero-order chi connectivity index (χ0) is 13.8. The van der Waals surface area contributed by atoms with Crippen molar-refractivity contribution in [3.63, 3.8) is 0 Å². The highest BCUT2D eigenvalue weighted by molar-refractivity contribution is 8.02. The number of thioether (sulfide) groups is 1. The van der Waals surface area contributed by atoms with Crippen molar-refractivity contribution < 1.29 is 0 Å². The van der Waals surface area contributed by atoms with Crippen molar-refractivity contribution in [2.24, 2.45) is 5.92 Å². The Hall–Kier alpha value is -1.51. The van der Waals surface area contributed by atoms with E-state index in [2.05, 4.69) is 28.6 Å². The highest BCUT2D eigenvalue weighted by Gasteiger charge is 2.14. The molecule has 0 bridgehead atoms. The summed E-state index contributed by atoms with van der Waals surface area (Å²) in [7, 11) is 0. The van der Waals surface area contributed by atoms with Crippen LogP contribution in [-0.4, -0.2) is 10.7 Å². The maximum atomic E-state index is 6.36. The quantitative estimate of drug-likeness (QED) is 0.787. The van der Waals surface area contributed by atoms with Gasteiger partial charge in [0, 0.05) is 34.0 Å². The van der Waals surface area contributed by atoms with E-state index in [1.165, 1.54) is 0 Å². The van der Waals surface area contributed by atoms with Gasteiger partial charge in [-0.25, -0.2) is 0 Å². The number of aromatic nitrogens is 1. The lowest BCUT2D eigenvalue weighted by Gasteiger charge is -2.11. The normalized spacial score (nSPS) is 18.4. The molecule has 0 fully saturated rings. The third-order valence-electron chi connectivity index (χ3n) is 3.20. The molecule has 1 aliphatic heterocycles. The summed E-state index contributed by atoms with van der Waals surface area (Å²) >= 11 is 8.20. The van der Waals surface area contributed by atoms with Crippen molar-refractivity contribution in [3.8, 4) is 0 Å². The van der Waals surface area contributed by atoms with E-state index in [-0.39, 0.29) is 0 Å². The van der Waals surface area contributed by atoms with Gasteiger partial charge in [-0.05, 0) is 23.6 Å². The van der Waals surface area contributed by atoms with E-state index in [1.807, 2.05) is 54.4 Å². The van der Waals surface area contributed by atoms with Gasteiger partial charge in [-0.1, -0.05) is 48.0 Å². The first-order chi connectivity index (χ1) is 9.84. The zero-order valence-electron chi connectivity index (χ0n) is 10.9. The fourth-order valence-corrected chi connectivity index (χ4v) is 3.30. The van der Waals surface area contributed by atoms with Crippen LogP contribution in [0.3, 0.4) is 0 Å². The van der Waals surface area contributed by atoms with Crippen molar-refractivity contribution in [1.82, 2.24) is 4.98 Å². The molecule has 0 saturated heterocycles. The third kappa shape index (κ3) is 2.97. The molecule has 2 aromatic rings. The molecule has 100 valence electrons. The van der Waals surface area contributed by atoms with Crippen LogP contribution < -0.4 is 0 Å². The van der Waals surface area contributed by atoms with Crippen molar-refractivity contribution >= 4 is 28.9 Å². The van der Waals surface area contributed by atoms with Gasteiger partial charge in [-0.3, -0.25) is 4.98 Å². The van der Waals surface area contributed by atoms with Gasteiger partial charge in [-0.15, -0.1) is 11.8 Å². The molecule has 3 rings (SSSR count). The molecule has 0 radical (unpaired) electrons. The van der Waals surface area contributed by atoms with E-state index in [9.17, 15) is 0 Å². The van der Waals surface area contributed by atoms with Crippen LogP contribution in [0.25, 0.3) is 5.57 Å². The predicted octanol–water partition coefficient (Wildman–Crippen LogP) is 5.04. The van der Waals surface area contributed by atoms with Crippen molar-refractivity contribution in [2.45, 2.75) is 0 Å². The van der Waals surface area contributed by atoms with E-state index in [4.69, 9.17) is 11.6 Å². The van der Waals surface area contributed by atoms with Crippen LogP contribution in [0.5, 0.6) is 0 Å². The molecule has 1 aromatic heterocycles. The number of pyridine rings is 1. The van der Waals surface area contributed by atoms with Gasteiger partial charge in [0.05, 0.1) is 5.69 Å². The second-order valence-corrected chi connectivity index (χ2v) is 5.95. The Labute approximate surface area is 128 Å². The van der Waals surface area contributed by atoms with Gasteiger partial charge < -0.3 is 0 Å². The summed E-state index contributed by atoms with van der Waals surface area (Å²) in [5.74, 6) is 1.52. The van der Waals surface area contributed by atoms with Crippen LogP contribution in [0.4, 0.5) is 0 Å². The SMILES string of the molecule is Clc1ccccc1C(=CC1C=CSC1)c1ccccn1. The predicted molar refractivity (Wildman–Crippen MR) is 87.9 cm³/mol. The molecule has 20 heavy (non-hydrogen) atoms. The minimum Gasteiger partial charge on any atom is -0.256 e. The second kappa shape index (κ2) is 6.29. The highest BCUT2D eigenvalue weighted by atomic mass is 35.5. The van der Waals surface area contributed by atoms with Gasteiger partial charge in [-0.2, -0.15) is 0 Å². The molecular weight excluding hydrogens is 286 g/mol. The number of nitrogens with zero attached hydrogens (tertiary/aromatic N) is 1. The molecule has 1 aliphatic rings. The van der Waals surface area contributed by atoms with E-state index < -0.39 is 0 Å². The Morgan fingerprint density at radius 3 is 2.75 bits per heavy atom. The lowest BCUT2D eigenvalue weighted by atomic mass is 9.97. The van der Waals surface area contributed by atoms with Gasteiger partial charge >= 0.3 is 0 Å². The summed E-state index contributed by atoms with van der Waals surface area (Å²) in [4.78, 5) is 4.48. The lowest BCUT2D eigenvalue weighted by molar-refractivity contribution is 0.975. The molecule has 1 aromatic carbocycles. The zero-order valence-corrected chi connectivity index (χ0v) is 12.4. The van der Waals surface area contributed by atoms with Crippen LogP contribution in [-0.2, 0) is 0 Å².